The van der Waals surface area contributed by atoms with Crippen LogP contribution in [-0.4, -0.2) is 13.0 Å². The summed E-state index contributed by atoms with van der Waals surface area (Å²) in [7, 11) is 1.68. The minimum atomic E-state index is 0.0587. The van der Waals surface area contributed by atoms with Crippen LogP contribution < -0.4 is 5.32 Å². The Morgan fingerprint density at radius 1 is 1.21 bits per heavy atom. The maximum absolute atomic E-state index is 11.7. The lowest BCUT2D eigenvalue weighted by Gasteiger charge is -2.06. The third-order valence-electron chi connectivity index (χ3n) is 2.74. The molecular weight excluding hydrogens is 258 g/mol. The van der Waals surface area contributed by atoms with Gasteiger partial charge in [-0.2, -0.15) is 0 Å². The number of hydrogen-bond donors (Lipinski definition) is 1. The van der Waals surface area contributed by atoms with Crippen molar-refractivity contribution < 1.29 is 9.53 Å². The number of carbonyl (C=O) groups excluding carboxylic acids is 1. The topological polar surface area (TPSA) is 38.3 Å². The number of benzene rings is 1. The zero-order valence-electron chi connectivity index (χ0n) is 10.9. The van der Waals surface area contributed by atoms with Crippen LogP contribution in [0.5, 0.6) is 0 Å². The summed E-state index contributed by atoms with van der Waals surface area (Å²) in [6, 6.07) is 12.0. The Kier molecular flexibility index (Phi) is 5.12. The highest BCUT2D eigenvalue weighted by atomic mass is 32.1. The summed E-state index contributed by atoms with van der Waals surface area (Å²) in [6.07, 6.45) is 0.458. The van der Waals surface area contributed by atoms with Gasteiger partial charge < -0.3 is 10.1 Å². The van der Waals surface area contributed by atoms with Gasteiger partial charge in [-0.3, -0.25) is 4.79 Å². The van der Waals surface area contributed by atoms with Gasteiger partial charge in [0, 0.05) is 18.5 Å². The normalized spacial score (nSPS) is 10.4. The van der Waals surface area contributed by atoms with Gasteiger partial charge in [-0.15, -0.1) is 11.3 Å². The Morgan fingerprint density at radius 2 is 1.95 bits per heavy atom. The Labute approximate surface area is 117 Å². The molecule has 1 aromatic carbocycles. The molecule has 2 rings (SSSR count). The second-order valence-electron chi connectivity index (χ2n) is 4.28. The van der Waals surface area contributed by atoms with E-state index in [4.69, 9.17) is 4.74 Å². The highest BCUT2D eigenvalue weighted by Gasteiger charge is 2.03. The summed E-state index contributed by atoms with van der Waals surface area (Å²) in [5.74, 6) is 0.0587. The van der Waals surface area contributed by atoms with E-state index in [1.807, 2.05) is 41.8 Å². The highest BCUT2D eigenvalue weighted by Crippen LogP contribution is 2.09. The van der Waals surface area contributed by atoms with Gasteiger partial charge >= 0.3 is 0 Å². The van der Waals surface area contributed by atoms with Crippen molar-refractivity contribution >= 4 is 17.2 Å². The number of thiophene rings is 1. The predicted molar refractivity (Wildman–Crippen MR) is 77.0 cm³/mol. The number of amides is 1. The van der Waals surface area contributed by atoms with Crippen molar-refractivity contribution in [1.29, 1.82) is 0 Å². The predicted octanol–water partition coefficient (Wildman–Crippen LogP) is 2.75. The van der Waals surface area contributed by atoms with Crippen LogP contribution in [0.15, 0.2) is 41.8 Å². The molecule has 0 aliphatic rings. The molecule has 1 amide bonds. The first-order valence-corrected chi connectivity index (χ1v) is 7.02. The minimum absolute atomic E-state index is 0.0587. The highest BCUT2D eigenvalue weighted by molar-refractivity contribution is 7.10. The fourth-order valence-corrected chi connectivity index (χ4v) is 2.46. The van der Waals surface area contributed by atoms with Crippen molar-refractivity contribution in [2.45, 2.75) is 19.6 Å². The van der Waals surface area contributed by atoms with E-state index < -0.39 is 0 Å². The maximum atomic E-state index is 11.7. The van der Waals surface area contributed by atoms with E-state index in [1.54, 1.807) is 18.4 Å². The molecule has 3 nitrogen and oxygen atoms in total. The molecule has 100 valence electrons. The van der Waals surface area contributed by atoms with Crippen molar-refractivity contribution in [3.8, 4) is 0 Å². The zero-order valence-corrected chi connectivity index (χ0v) is 11.7. The molecule has 19 heavy (non-hydrogen) atoms. The van der Waals surface area contributed by atoms with Gasteiger partial charge in [-0.05, 0) is 22.6 Å². The zero-order chi connectivity index (χ0) is 13.5. The summed E-state index contributed by atoms with van der Waals surface area (Å²) >= 11 is 1.61. The van der Waals surface area contributed by atoms with Crippen molar-refractivity contribution in [2.24, 2.45) is 0 Å². The Morgan fingerprint density at radius 3 is 2.58 bits per heavy atom. The first-order chi connectivity index (χ1) is 9.28. The largest absolute Gasteiger partial charge is 0.380 e. The Bertz CT molecular complexity index is 505. The monoisotopic (exact) mass is 275 g/mol. The number of rotatable bonds is 6. The molecule has 1 heterocycles. The van der Waals surface area contributed by atoms with Crippen LogP contribution in [0.2, 0.25) is 0 Å². The molecular formula is C15H17NO2S. The van der Waals surface area contributed by atoms with Gasteiger partial charge in [0.25, 0.3) is 0 Å². The van der Waals surface area contributed by atoms with Gasteiger partial charge in [0.05, 0.1) is 13.0 Å². The van der Waals surface area contributed by atoms with Gasteiger partial charge in [0.1, 0.15) is 0 Å². The van der Waals surface area contributed by atoms with Crippen LogP contribution in [0, 0.1) is 0 Å². The van der Waals surface area contributed by atoms with Gasteiger partial charge in [-0.1, -0.05) is 30.3 Å². The summed E-state index contributed by atoms with van der Waals surface area (Å²) < 4.78 is 5.06. The number of nitrogens with one attached hydrogen (secondary N) is 1. The van der Waals surface area contributed by atoms with E-state index in [0.717, 1.165) is 16.0 Å². The molecule has 0 unspecified atom stereocenters. The number of ether oxygens (including phenoxy) is 1. The smallest absolute Gasteiger partial charge is 0.225 e. The summed E-state index contributed by atoms with van der Waals surface area (Å²) in [4.78, 5) is 12.8. The number of methoxy groups -OCH3 is 1. The summed E-state index contributed by atoms with van der Waals surface area (Å²) in [5.41, 5.74) is 2.23. The maximum Gasteiger partial charge on any atom is 0.225 e. The molecule has 0 spiro atoms. The lowest BCUT2D eigenvalue weighted by Crippen LogP contribution is -2.24. The van der Waals surface area contributed by atoms with Crippen LogP contribution >= 0.6 is 11.3 Å². The van der Waals surface area contributed by atoms with E-state index >= 15 is 0 Å². The average Bonchev–Trinajstić information content (AvgIpc) is 2.91. The average molecular weight is 275 g/mol. The van der Waals surface area contributed by atoms with Crippen LogP contribution in [-0.2, 0) is 29.1 Å². The summed E-state index contributed by atoms with van der Waals surface area (Å²) in [6.45, 7) is 1.18. The Hall–Kier alpha value is -1.65. The van der Waals surface area contributed by atoms with Crippen molar-refractivity contribution in [2.75, 3.05) is 7.11 Å². The Balaban J connectivity index is 1.79. The molecule has 0 bridgehead atoms. The molecule has 0 fully saturated rings. The van der Waals surface area contributed by atoms with Crippen LogP contribution in [0.1, 0.15) is 16.0 Å². The lowest BCUT2D eigenvalue weighted by atomic mass is 10.1. The molecule has 0 aliphatic carbocycles. The lowest BCUT2D eigenvalue weighted by molar-refractivity contribution is -0.120. The SMILES string of the molecule is COCc1ccc(CNC(=O)Cc2cccs2)cc1. The van der Waals surface area contributed by atoms with Crippen LogP contribution in [0.3, 0.4) is 0 Å². The first kappa shape index (κ1) is 13.8. The number of carbonyl (C=O) groups is 1. The fraction of sp³-hybridized carbons (Fsp3) is 0.267. The van der Waals surface area contributed by atoms with E-state index in [1.165, 1.54) is 0 Å². The third kappa shape index (κ3) is 4.50. The first-order valence-electron chi connectivity index (χ1n) is 6.14. The molecule has 0 atom stereocenters. The minimum Gasteiger partial charge on any atom is -0.380 e. The van der Waals surface area contributed by atoms with Gasteiger partial charge in [0.15, 0.2) is 0 Å². The van der Waals surface area contributed by atoms with E-state index in [9.17, 15) is 4.79 Å². The quantitative estimate of drug-likeness (QED) is 0.880. The molecule has 0 radical (unpaired) electrons. The van der Waals surface area contributed by atoms with Crippen LogP contribution in [0.4, 0.5) is 0 Å². The van der Waals surface area contributed by atoms with Crippen molar-refractivity contribution in [3.05, 3.63) is 57.8 Å². The molecule has 0 saturated carbocycles. The van der Waals surface area contributed by atoms with Gasteiger partial charge in [0.2, 0.25) is 5.91 Å². The molecule has 1 N–H and O–H groups in total. The molecule has 1 aromatic heterocycles. The molecule has 0 aliphatic heterocycles. The molecule has 4 heteroatoms. The number of hydrogen-bond acceptors (Lipinski definition) is 3. The van der Waals surface area contributed by atoms with Crippen molar-refractivity contribution in [3.63, 3.8) is 0 Å². The second kappa shape index (κ2) is 7.07. The van der Waals surface area contributed by atoms with E-state index in [-0.39, 0.29) is 5.91 Å². The molecule has 0 saturated heterocycles. The molecule has 2 aromatic rings. The van der Waals surface area contributed by atoms with Crippen LogP contribution in [0.25, 0.3) is 0 Å². The van der Waals surface area contributed by atoms with E-state index in [2.05, 4.69) is 5.32 Å². The van der Waals surface area contributed by atoms with Crippen molar-refractivity contribution in [1.82, 2.24) is 5.32 Å². The van der Waals surface area contributed by atoms with E-state index in [0.29, 0.717) is 19.6 Å². The fourth-order valence-electron chi connectivity index (χ4n) is 1.75. The third-order valence-corrected chi connectivity index (χ3v) is 3.61. The summed E-state index contributed by atoms with van der Waals surface area (Å²) in [5, 5.41) is 4.91. The second-order valence-corrected chi connectivity index (χ2v) is 5.31. The van der Waals surface area contributed by atoms with Gasteiger partial charge in [-0.25, -0.2) is 0 Å². The standard InChI is InChI=1S/C15H17NO2S/c1-18-11-13-6-4-12(5-7-13)10-16-15(17)9-14-3-2-8-19-14/h2-8H,9-11H2,1H3,(H,16,17).